The Morgan fingerprint density at radius 1 is 1.24 bits per heavy atom. The van der Waals surface area contributed by atoms with E-state index in [0.29, 0.717) is 50.2 Å². The van der Waals surface area contributed by atoms with Crippen LogP contribution in [-0.2, 0) is 13.6 Å². The lowest BCUT2D eigenvalue weighted by molar-refractivity contribution is 0.0862. The van der Waals surface area contributed by atoms with Crippen LogP contribution in [0.1, 0.15) is 79.1 Å². The van der Waals surface area contributed by atoms with E-state index in [9.17, 15) is 14.8 Å². The summed E-state index contributed by atoms with van der Waals surface area (Å²) in [5, 5.41) is 20.2. The summed E-state index contributed by atoms with van der Waals surface area (Å²) in [6.45, 7) is 13.0. The van der Waals surface area contributed by atoms with E-state index in [1.807, 2.05) is 0 Å². The van der Waals surface area contributed by atoms with Gasteiger partial charge < -0.3 is 10.2 Å². The molecule has 3 aliphatic carbocycles. The van der Waals surface area contributed by atoms with Crippen LogP contribution in [0.15, 0.2) is 35.5 Å². The number of aliphatic hydroxyl groups excluding tert-OH is 2. The molecule has 6 heteroatoms. The van der Waals surface area contributed by atoms with Crippen LogP contribution < -0.4 is 0 Å². The molecule has 0 aromatic heterocycles. The van der Waals surface area contributed by atoms with E-state index in [2.05, 4.69) is 44.2 Å². The van der Waals surface area contributed by atoms with Crippen molar-refractivity contribution in [3.05, 3.63) is 35.5 Å². The summed E-state index contributed by atoms with van der Waals surface area (Å²) in [4.78, 5) is 0. The van der Waals surface area contributed by atoms with Crippen molar-refractivity contribution in [2.75, 3.05) is 13.2 Å². The second-order valence-corrected chi connectivity index (χ2v) is 12.2. The topological polar surface area (TPSA) is 76.0 Å². The normalized spacial score (nSPS) is 35.2. The Bertz CT molecular complexity index is 899. The predicted octanol–water partition coefficient (Wildman–Crippen LogP) is 6.38. The molecule has 5 nitrogen and oxygen atoms in total. The summed E-state index contributed by atoms with van der Waals surface area (Å²) >= 11 is 0. The van der Waals surface area contributed by atoms with Gasteiger partial charge in [-0.1, -0.05) is 44.1 Å². The molecule has 190 valence electrons. The van der Waals surface area contributed by atoms with Gasteiger partial charge in [0.2, 0.25) is 0 Å². The van der Waals surface area contributed by atoms with Gasteiger partial charge in [0, 0.05) is 18.5 Å². The largest absolute Gasteiger partial charge is 0.405 e. The Labute approximate surface area is 206 Å². The first-order valence-corrected chi connectivity index (χ1v) is 14.5. The van der Waals surface area contributed by atoms with Gasteiger partial charge in [-0.25, -0.2) is 4.57 Å². The van der Waals surface area contributed by atoms with Crippen LogP contribution in [0.3, 0.4) is 0 Å². The smallest absolute Gasteiger partial charge is 0.393 e. The maximum Gasteiger partial charge on any atom is 0.405 e. The molecule has 2 N–H and O–H groups in total. The van der Waals surface area contributed by atoms with Crippen molar-refractivity contribution in [2.24, 2.45) is 23.2 Å². The van der Waals surface area contributed by atoms with Crippen molar-refractivity contribution < 1.29 is 23.8 Å². The lowest BCUT2D eigenvalue weighted by Gasteiger charge is -2.44. The highest BCUT2D eigenvalue weighted by Crippen LogP contribution is 2.59. The van der Waals surface area contributed by atoms with Crippen molar-refractivity contribution in [3.63, 3.8) is 0 Å². The van der Waals surface area contributed by atoms with Crippen molar-refractivity contribution in [3.8, 4) is 11.6 Å². The Morgan fingerprint density at radius 3 is 2.62 bits per heavy atom. The minimum Gasteiger partial charge on any atom is -0.393 e. The zero-order valence-corrected chi connectivity index (χ0v) is 22.3. The number of hydrogen-bond donors (Lipinski definition) is 2. The van der Waals surface area contributed by atoms with Gasteiger partial charge in [-0.05, 0) is 86.7 Å². The molecule has 0 aromatic rings. The zero-order valence-electron chi connectivity index (χ0n) is 21.4. The van der Waals surface area contributed by atoms with Gasteiger partial charge in [-0.15, -0.1) is 0 Å². The molecule has 34 heavy (non-hydrogen) atoms. The standard InChI is InChI=1S/C28H43O5P/c1-6-32-34(31,33-7-2)17-9-10-20(3)25-14-15-26-22(11-8-16-28(25,26)5)12-13-23-18-24(29)19-27(30)21(23)4/h12-13,20,24-27,29-30H,4,6-8,10-11,14-16,18-19H2,1-3,5H3/b22-12+,23-13-/t20-,24-,25-,26+,27+,28-/m1/s1. The molecular formula is C28H43O5P. The highest BCUT2D eigenvalue weighted by molar-refractivity contribution is 7.59. The second kappa shape index (κ2) is 11.7. The van der Waals surface area contributed by atoms with Crippen LogP contribution in [0.5, 0.6) is 0 Å². The lowest BCUT2D eigenvalue weighted by Crippen LogP contribution is -2.35. The molecule has 3 aliphatic rings. The van der Waals surface area contributed by atoms with Gasteiger partial charge >= 0.3 is 7.60 Å². The summed E-state index contributed by atoms with van der Waals surface area (Å²) in [5.74, 6) is 4.65. The van der Waals surface area contributed by atoms with E-state index in [1.165, 1.54) is 31.3 Å². The van der Waals surface area contributed by atoms with Crippen molar-refractivity contribution in [1.82, 2.24) is 0 Å². The molecule has 3 saturated carbocycles. The van der Waals surface area contributed by atoms with Crippen LogP contribution in [0.2, 0.25) is 0 Å². The lowest BCUT2D eigenvalue weighted by atomic mass is 9.61. The first-order chi connectivity index (χ1) is 16.1. The average molecular weight is 491 g/mol. The maximum absolute atomic E-state index is 12.6. The highest BCUT2D eigenvalue weighted by atomic mass is 31.2. The van der Waals surface area contributed by atoms with E-state index in [4.69, 9.17) is 9.05 Å². The molecule has 3 fully saturated rings. The molecule has 0 unspecified atom stereocenters. The molecule has 3 rings (SSSR count). The van der Waals surface area contributed by atoms with Crippen LogP contribution in [-0.4, -0.2) is 35.6 Å². The minimum absolute atomic E-state index is 0.232. The molecule has 0 bridgehead atoms. The SMILES string of the molecule is C=C1/C(=C\C=C2/CCC[C@]3(C)[C@@H]([C@H](C)CC#CP(=O)(OCC)OCC)CC[C@@H]23)C[C@@H](O)C[C@@H]1O. The van der Waals surface area contributed by atoms with E-state index < -0.39 is 19.8 Å². The Morgan fingerprint density at radius 2 is 1.94 bits per heavy atom. The minimum atomic E-state index is -3.32. The van der Waals surface area contributed by atoms with Crippen LogP contribution in [0.25, 0.3) is 0 Å². The third-order valence-corrected chi connectivity index (χ3v) is 9.86. The van der Waals surface area contributed by atoms with E-state index in [-0.39, 0.29) is 5.41 Å². The average Bonchev–Trinajstić information content (AvgIpc) is 3.13. The molecule has 0 heterocycles. The van der Waals surface area contributed by atoms with Crippen LogP contribution >= 0.6 is 7.60 Å². The molecule has 6 atom stereocenters. The van der Waals surface area contributed by atoms with E-state index in [1.54, 1.807) is 13.8 Å². The molecule has 0 saturated heterocycles. The fourth-order valence-electron chi connectivity index (χ4n) is 6.57. The van der Waals surface area contributed by atoms with Gasteiger partial charge in [0.05, 0.1) is 25.4 Å². The predicted molar refractivity (Wildman–Crippen MR) is 137 cm³/mol. The molecule has 0 amide bonds. The third-order valence-electron chi connectivity index (χ3n) is 8.23. The summed E-state index contributed by atoms with van der Waals surface area (Å²) in [5.41, 5.74) is 6.24. The highest BCUT2D eigenvalue weighted by Gasteiger charge is 2.50. The van der Waals surface area contributed by atoms with Gasteiger partial charge in [-0.3, -0.25) is 9.05 Å². The third kappa shape index (κ3) is 6.15. The van der Waals surface area contributed by atoms with Gasteiger partial charge in [0.1, 0.15) is 0 Å². The monoisotopic (exact) mass is 490 g/mol. The van der Waals surface area contributed by atoms with Crippen molar-refractivity contribution >= 4 is 7.60 Å². The summed E-state index contributed by atoms with van der Waals surface area (Å²) < 4.78 is 23.3. The fourth-order valence-corrected chi connectivity index (χ4v) is 7.74. The van der Waals surface area contributed by atoms with Crippen LogP contribution in [0.4, 0.5) is 0 Å². The number of hydrogen-bond acceptors (Lipinski definition) is 5. The number of allylic oxidation sites excluding steroid dienone is 3. The van der Waals surface area contributed by atoms with Crippen molar-refractivity contribution in [1.29, 1.82) is 0 Å². The Balaban J connectivity index is 1.72. The number of rotatable bonds is 7. The molecule has 0 radical (unpaired) electrons. The first-order valence-electron chi connectivity index (χ1n) is 13.0. The molecule has 0 aliphatic heterocycles. The zero-order chi connectivity index (χ0) is 24.9. The first kappa shape index (κ1) is 27.4. The summed E-state index contributed by atoms with van der Waals surface area (Å²) in [7, 11) is -3.32. The van der Waals surface area contributed by atoms with Crippen molar-refractivity contribution in [2.45, 2.75) is 91.3 Å². The maximum atomic E-state index is 12.6. The Hall–Kier alpha value is -1.15. The number of aliphatic hydroxyl groups is 2. The quantitative estimate of drug-likeness (QED) is 0.320. The van der Waals surface area contributed by atoms with Crippen LogP contribution in [0, 0.1) is 34.8 Å². The fraction of sp³-hybridized carbons (Fsp3) is 0.714. The summed E-state index contributed by atoms with van der Waals surface area (Å²) in [6, 6.07) is 0. The van der Waals surface area contributed by atoms with Gasteiger partial charge in [0.25, 0.3) is 0 Å². The van der Waals surface area contributed by atoms with Gasteiger partial charge in [0.15, 0.2) is 0 Å². The molecule has 0 aromatic carbocycles. The molecule has 0 spiro atoms. The second-order valence-electron chi connectivity index (χ2n) is 10.5. The Kier molecular flexibility index (Phi) is 9.46. The van der Waals surface area contributed by atoms with E-state index in [0.717, 1.165) is 17.6 Å². The summed E-state index contributed by atoms with van der Waals surface area (Å²) in [6.07, 6.45) is 10.7. The van der Waals surface area contributed by atoms with E-state index >= 15 is 0 Å². The van der Waals surface area contributed by atoms with Gasteiger partial charge in [-0.2, -0.15) is 0 Å². The molecular weight excluding hydrogens is 447 g/mol. The number of fused-ring (bicyclic) bond motifs is 1.